The van der Waals surface area contributed by atoms with Crippen LogP contribution >= 0.6 is 0 Å². The van der Waals surface area contributed by atoms with Gasteiger partial charge in [-0.25, -0.2) is 4.39 Å². The van der Waals surface area contributed by atoms with Crippen LogP contribution in [0.3, 0.4) is 0 Å². The third-order valence-electron chi connectivity index (χ3n) is 3.88. The highest BCUT2D eigenvalue weighted by Gasteiger charge is 2.14. The first-order chi connectivity index (χ1) is 12.9. The second-order valence-electron chi connectivity index (χ2n) is 5.83. The number of hydrogen-bond acceptors (Lipinski definition) is 4. The van der Waals surface area contributed by atoms with Gasteiger partial charge < -0.3 is 15.4 Å². The van der Waals surface area contributed by atoms with Crippen molar-refractivity contribution in [2.45, 2.75) is 20.3 Å². The minimum atomic E-state index is -0.796. The summed E-state index contributed by atoms with van der Waals surface area (Å²) in [6, 6.07) is 11.1. The molecule has 2 amide bonds. The zero-order valence-electron chi connectivity index (χ0n) is 15.2. The van der Waals surface area contributed by atoms with Gasteiger partial charge in [0.15, 0.2) is 6.61 Å². The summed E-state index contributed by atoms with van der Waals surface area (Å²) in [4.78, 5) is 35.5. The van der Waals surface area contributed by atoms with E-state index in [0.29, 0.717) is 5.69 Å². The van der Waals surface area contributed by atoms with Crippen molar-refractivity contribution in [2.75, 3.05) is 18.5 Å². The quantitative estimate of drug-likeness (QED) is 0.732. The van der Waals surface area contributed by atoms with Crippen LogP contribution in [0.1, 0.15) is 28.4 Å². The predicted octanol–water partition coefficient (Wildman–Crippen LogP) is 2.61. The van der Waals surface area contributed by atoms with Crippen LogP contribution in [-0.4, -0.2) is 30.9 Å². The molecule has 0 fully saturated rings. The van der Waals surface area contributed by atoms with Crippen molar-refractivity contribution in [2.24, 2.45) is 0 Å². The van der Waals surface area contributed by atoms with E-state index in [1.807, 2.05) is 32.0 Å². The van der Waals surface area contributed by atoms with Crippen LogP contribution in [0.15, 0.2) is 42.5 Å². The van der Waals surface area contributed by atoms with Gasteiger partial charge >= 0.3 is 5.97 Å². The zero-order valence-corrected chi connectivity index (χ0v) is 15.2. The number of aryl methyl sites for hydroxylation is 2. The lowest BCUT2D eigenvalue weighted by Gasteiger charge is -2.13. The summed E-state index contributed by atoms with van der Waals surface area (Å²) < 4.78 is 18.3. The van der Waals surface area contributed by atoms with E-state index < -0.39 is 36.8 Å². The Bertz CT molecular complexity index is 852. The SMILES string of the molecule is CCc1cccc(C)c1NC(=O)COC(=O)CNC(=O)c1ccccc1F. The van der Waals surface area contributed by atoms with Crippen LogP contribution in [0.5, 0.6) is 0 Å². The van der Waals surface area contributed by atoms with E-state index in [0.717, 1.165) is 23.6 Å². The average molecular weight is 372 g/mol. The molecule has 2 aromatic rings. The monoisotopic (exact) mass is 372 g/mol. The minimum absolute atomic E-state index is 0.172. The number of carbonyl (C=O) groups is 3. The molecule has 0 heterocycles. The lowest BCUT2D eigenvalue weighted by atomic mass is 10.1. The molecule has 0 aliphatic rings. The van der Waals surface area contributed by atoms with Crippen LogP contribution in [0, 0.1) is 12.7 Å². The van der Waals surface area contributed by atoms with E-state index in [1.165, 1.54) is 18.2 Å². The van der Waals surface area contributed by atoms with Crippen molar-refractivity contribution in [1.82, 2.24) is 5.32 Å². The van der Waals surface area contributed by atoms with Gasteiger partial charge in [-0.15, -0.1) is 0 Å². The highest BCUT2D eigenvalue weighted by molar-refractivity contribution is 5.97. The fourth-order valence-electron chi connectivity index (χ4n) is 2.47. The van der Waals surface area contributed by atoms with Crippen LogP contribution < -0.4 is 10.6 Å². The number of rotatable bonds is 7. The summed E-state index contributed by atoms with van der Waals surface area (Å²) >= 11 is 0. The van der Waals surface area contributed by atoms with Crippen molar-refractivity contribution in [3.05, 3.63) is 65.0 Å². The summed E-state index contributed by atoms with van der Waals surface area (Å²) in [5.41, 5.74) is 2.42. The molecule has 0 aromatic heterocycles. The number of ether oxygens (including phenoxy) is 1. The summed E-state index contributed by atoms with van der Waals surface area (Å²) in [5.74, 6) is -2.70. The number of esters is 1. The summed E-state index contributed by atoms with van der Waals surface area (Å²) in [5, 5.41) is 4.99. The molecule has 0 saturated heterocycles. The highest BCUT2D eigenvalue weighted by Crippen LogP contribution is 2.20. The molecule has 6 nitrogen and oxygen atoms in total. The molecule has 7 heteroatoms. The van der Waals surface area contributed by atoms with E-state index in [1.54, 1.807) is 0 Å². The molecule has 2 aromatic carbocycles. The minimum Gasteiger partial charge on any atom is -0.454 e. The van der Waals surface area contributed by atoms with Crippen LogP contribution in [0.25, 0.3) is 0 Å². The maximum atomic E-state index is 13.5. The molecule has 0 unspecified atom stereocenters. The fraction of sp³-hybridized carbons (Fsp3) is 0.250. The Labute approximate surface area is 156 Å². The van der Waals surface area contributed by atoms with Crippen LogP contribution in [-0.2, 0) is 20.7 Å². The number of amides is 2. The Balaban J connectivity index is 1.81. The summed E-state index contributed by atoms with van der Waals surface area (Å²) in [7, 11) is 0. The molecule has 0 aliphatic carbocycles. The first kappa shape index (κ1) is 20.1. The van der Waals surface area contributed by atoms with Gasteiger partial charge in [0.1, 0.15) is 12.4 Å². The number of anilines is 1. The number of benzene rings is 2. The van der Waals surface area contributed by atoms with Crippen molar-refractivity contribution in [3.8, 4) is 0 Å². The summed E-state index contributed by atoms with van der Waals surface area (Å²) in [6.07, 6.45) is 0.749. The maximum absolute atomic E-state index is 13.5. The molecule has 0 bridgehead atoms. The zero-order chi connectivity index (χ0) is 19.8. The van der Waals surface area contributed by atoms with E-state index in [-0.39, 0.29) is 5.56 Å². The number of hydrogen-bond donors (Lipinski definition) is 2. The van der Waals surface area contributed by atoms with Gasteiger partial charge in [0.25, 0.3) is 11.8 Å². The second-order valence-corrected chi connectivity index (χ2v) is 5.83. The van der Waals surface area contributed by atoms with E-state index in [4.69, 9.17) is 4.74 Å². The normalized spacial score (nSPS) is 10.2. The van der Waals surface area contributed by atoms with Crippen LogP contribution in [0.2, 0.25) is 0 Å². The number of nitrogens with one attached hydrogen (secondary N) is 2. The Kier molecular flexibility index (Phi) is 7.05. The number of halogens is 1. The van der Waals surface area contributed by atoms with Gasteiger partial charge in [-0.05, 0) is 36.6 Å². The average Bonchev–Trinajstić information content (AvgIpc) is 2.66. The van der Waals surface area contributed by atoms with E-state index in [9.17, 15) is 18.8 Å². The molecular weight excluding hydrogens is 351 g/mol. The van der Waals surface area contributed by atoms with Gasteiger partial charge in [0.05, 0.1) is 5.56 Å². The molecule has 0 radical (unpaired) electrons. The first-order valence-corrected chi connectivity index (χ1v) is 8.49. The second kappa shape index (κ2) is 9.47. The van der Waals surface area contributed by atoms with Gasteiger partial charge in [0, 0.05) is 5.69 Å². The third-order valence-corrected chi connectivity index (χ3v) is 3.88. The third kappa shape index (κ3) is 5.64. The van der Waals surface area contributed by atoms with Crippen molar-refractivity contribution >= 4 is 23.5 Å². The van der Waals surface area contributed by atoms with Gasteiger partial charge in [0.2, 0.25) is 0 Å². The molecule has 2 N–H and O–H groups in total. The van der Waals surface area contributed by atoms with Gasteiger partial charge in [-0.3, -0.25) is 14.4 Å². The Morgan fingerprint density at radius 3 is 2.52 bits per heavy atom. The largest absolute Gasteiger partial charge is 0.454 e. The molecule has 0 aliphatic heterocycles. The van der Waals surface area contributed by atoms with Crippen molar-refractivity contribution in [3.63, 3.8) is 0 Å². The summed E-state index contributed by atoms with van der Waals surface area (Å²) in [6.45, 7) is 2.90. The molecular formula is C20H21FN2O4. The first-order valence-electron chi connectivity index (χ1n) is 8.49. The predicted molar refractivity (Wildman–Crippen MR) is 98.9 cm³/mol. The van der Waals surface area contributed by atoms with Crippen molar-refractivity contribution in [1.29, 1.82) is 0 Å². The Morgan fingerprint density at radius 1 is 1.07 bits per heavy atom. The maximum Gasteiger partial charge on any atom is 0.325 e. The lowest BCUT2D eigenvalue weighted by molar-refractivity contribution is -0.146. The van der Waals surface area contributed by atoms with Crippen molar-refractivity contribution < 1.29 is 23.5 Å². The molecule has 0 saturated carbocycles. The van der Waals surface area contributed by atoms with Gasteiger partial charge in [-0.2, -0.15) is 0 Å². The smallest absolute Gasteiger partial charge is 0.325 e. The number of para-hydroxylation sites is 1. The molecule has 2 rings (SSSR count). The highest BCUT2D eigenvalue weighted by atomic mass is 19.1. The topological polar surface area (TPSA) is 84.5 Å². The lowest BCUT2D eigenvalue weighted by Crippen LogP contribution is -2.32. The molecule has 0 atom stereocenters. The standard InChI is InChI=1S/C20H21FN2O4/c1-3-14-8-6-7-13(2)19(14)23-17(24)12-27-18(25)11-22-20(26)15-9-4-5-10-16(15)21/h4-10H,3,11-12H2,1-2H3,(H,22,26)(H,23,24). The molecule has 0 spiro atoms. The van der Waals surface area contributed by atoms with Gasteiger partial charge in [-0.1, -0.05) is 37.3 Å². The van der Waals surface area contributed by atoms with Crippen LogP contribution in [0.4, 0.5) is 10.1 Å². The van der Waals surface area contributed by atoms with E-state index in [2.05, 4.69) is 10.6 Å². The Hall–Kier alpha value is -3.22. The number of carbonyl (C=O) groups excluding carboxylic acids is 3. The molecule has 27 heavy (non-hydrogen) atoms. The van der Waals surface area contributed by atoms with E-state index >= 15 is 0 Å². The Morgan fingerprint density at radius 2 is 1.81 bits per heavy atom. The fourth-order valence-corrected chi connectivity index (χ4v) is 2.47. The molecule has 142 valence electrons.